The maximum atomic E-state index is 3.77. The van der Waals surface area contributed by atoms with Crippen LogP contribution in [-0.2, 0) is 0 Å². The highest BCUT2D eigenvalue weighted by Crippen LogP contribution is 2.34. The molecule has 1 saturated heterocycles. The Kier molecular flexibility index (Phi) is 5.32. The quantitative estimate of drug-likeness (QED) is 0.815. The zero-order valence-electron chi connectivity index (χ0n) is 13.4. The van der Waals surface area contributed by atoms with Crippen LogP contribution in [0, 0.1) is 5.92 Å². The first-order valence-electron chi connectivity index (χ1n) is 8.89. The monoisotopic (exact) mass is 286 g/mol. The largest absolute Gasteiger partial charge is 0.311 e. The molecule has 0 spiro atoms. The minimum absolute atomic E-state index is 0.568. The second kappa shape index (κ2) is 7.42. The molecule has 1 aliphatic carbocycles. The van der Waals surface area contributed by atoms with E-state index in [0.29, 0.717) is 12.1 Å². The van der Waals surface area contributed by atoms with Crippen LogP contribution >= 0.6 is 0 Å². The highest BCUT2D eigenvalue weighted by Gasteiger charge is 2.28. The van der Waals surface area contributed by atoms with E-state index in [1.54, 1.807) is 0 Å². The molecule has 3 rings (SSSR count). The molecule has 2 heteroatoms. The van der Waals surface area contributed by atoms with Gasteiger partial charge in [-0.1, -0.05) is 56.5 Å². The molecular weight excluding hydrogens is 256 g/mol. The van der Waals surface area contributed by atoms with Gasteiger partial charge in [0, 0.05) is 25.2 Å². The summed E-state index contributed by atoms with van der Waals surface area (Å²) >= 11 is 0. The van der Waals surface area contributed by atoms with Gasteiger partial charge >= 0.3 is 0 Å². The van der Waals surface area contributed by atoms with Crippen LogP contribution in [0.25, 0.3) is 0 Å². The first-order chi connectivity index (χ1) is 10.4. The van der Waals surface area contributed by atoms with E-state index in [1.165, 1.54) is 57.2 Å². The predicted octanol–water partition coefficient (Wildman–Crippen LogP) is 3.99. The summed E-state index contributed by atoms with van der Waals surface area (Å²) in [6.07, 6.45) is 8.39. The van der Waals surface area contributed by atoms with Crippen molar-refractivity contribution in [1.29, 1.82) is 0 Å². The number of hydrogen-bond donors (Lipinski definition) is 1. The van der Waals surface area contributed by atoms with Gasteiger partial charge in [-0.25, -0.2) is 0 Å². The maximum absolute atomic E-state index is 3.77. The molecule has 1 aromatic rings. The van der Waals surface area contributed by atoms with Crippen LogP contribution < -0.4 is 5.32 Å². The molecule has 116 valence electrons. The molecule has 2 unspecified atom stereocenters. The lowest BCUT2D eigenvalue weighted by Crippen LogP contribution is -2.52. The van der Waals surface area contributed by atoms with Gasteiger partial charge in [0.1, 0.15) is 0 Å². The Morgan fingerprint density at radius 1 is 1.14 bits per heavy atom. The molecule has 0 amide bonds. The van der Waals surface area contributed by atoms with Gasteiger partial charge in [-0.3, -0.25) is 4.90 Å². The highest BCUT2D eigenvalue weighted by molar-refractivity contribution is 5.20. The standard InChI is InChI=1S/C19H30N2/c1-2-7-18-15-21(13-6-8-16-11-12-16)19(14-20-18)17-9-4-3-5-10-17/h3-5,9-10,16,18-20H,2,6-8,11-15H2,1H3. The van der Waals surface area contributed by atoms with Crippen molar-refractivity contribution in [3.63, 3.8) is 0 Å². The number of nitrogens with zero attached hydrogens (tertiary/aromatic N) is 1. The molecule has 2 aliphatic rings. The van der Waals surface area contributed by atoms with Crippen molar-refractivity contribution in [3.05, 3.63) is 35.9 Å². The first kappa shape index (κ1) is 15.1. The molecule has 2 atom stereocenters. The Hall–Kier alpha value is -0.860. The van der Waals surface area contributed by atoms with Crippen LogP contribution in [0.4, 0.5) is 0 Å². The second-order valence-electron chi connectivity index (χ2n) is 6.90. The molecule has 1 aliphatic heterocycles. The molecule has 1 heterocycles. The fourth-order valence-electron chi connectivity index (χ4n) is 3.66. The first-order valence-corrected chi connectivity index (χ1v) is 8.89. The average Bonchev–Trinajstić information content (AvgIpc) is 3.33. The van der Waals surface area contributed by atoms with Gasteiger partial charge in [-0.15, -0.1) is 0 Å². The lowest BCUT2D eigenvalue weighted by Gasteiger charge is -2.41. The zero-order chi connectivity index (χ0) is 14.5. The van der Waals surface area contributed by atoms with Crippen LogP contribution in [0.3, 0.4) is 0 Å². The minimum atomic E-state index is 0.568. The normalized spacial score (nSPS) is 26.9. The van der Waals surface area contributed by atoms with Crippen LogP contribution in [-0.4, -0.2) is 30.6 Å². The zero-order valence-corrected chi connectivity index (χ0v) is 13.4. The van der Waals surface area contributed by atoms with Crippen LogP contribution in [0.15, 0.2) is 30.3 Å². The van der Waals surface area contributed by atoms with E-state index in [1.807, 2.05) is 0 Å². The van der Waals surface area contributed by atoms with Gasteiger partial charge in [-0.05, 0) is 37.3 Å². The van der Waals surface area contributed by atoms with E-state index in [0.717, 1.165) is 12.5 Å². The topological polar surface area (TPSA) is 15.3 Å². The Morgan fingerprint density at radius 3 is 2.67 bits per heavy atom. The fourth-order valence-corrected chi connectivity index (χ4v) is 3.66. The van der Waals surface area contributed by atoms with E-state index >= 15 is 0 Å². The number of benzene rings is 1. The average molecular weight is 286 g/mol. The Balaban J connectivity index is 1.61. The minimum Gasteiger partial charge on any atom is -0.311 e. The Morgan fingerprint density at radius 2 is 1.95 bits per heavy atom. The van der Waals surface area contributed by atoms with E-state index < -0.39 is 0 Å². The van der Waals surface area contributed by atoms with Gasteiger partial charge in [-0.2, -0.15) is 0 Å². The van der Waals surface area contributed by atoms with E-state index in [-0.39, 0.29) is 0 Å². The number of nitrogens with one attached hydrogen (secondary N) is 1. The third-order valence-electron chi connectivity index (χ3n) is 5.07. The lowest BCUT2D eigenvalue weighted by atomic mass is 9.98. The molecular formula is C19H30N2. The molecule has 2 fully saturated rings. The van der Waals surface area contributed by atoms with Crippen LogP contribution in [0.5, 0.6) is 0 Å². The van der Waals surface area contributed by atoms with Crippen molar-refractivity contribution < 1.29 is 0 Å². The summed E-state index contributed by atoms with van der Waals surface area (Å²) in [6.45, 7) is 5.90. The van der Waals surface area contributed by atoms with Gasteiger partial charge in [0.15, 0.2) is 0 Å². The van der Waals surface area contributed by atoms with Gasteiger partial charge in [0.2, 0.25) is 0 Å². The SMILES string of the molecule is CCCC1CN(CCCC2CC2)C(c2ccccc2)CN1. The number of rotatable bonds is 7. The predicted molar refractivity (Wildman–Crippen MR) is 89.4 cm³/mol. The summed E-state index contributed by atoms with van der Waals surface area (Å²) in [6, 6.07) is 12.3. The number of hydrogen-bond acceptors (Lipinski definition) is 2. The lowest BCUT2D eigenvalue weighted by molar-refractivity contribution is 0.123. The molecule has 1 N–H and O–H groups in total. The van der Waals surface area contributed by atoms with Crippen molar-refractivity contribution in [2.75, 3.05) is 19.6 Å². The van der Waals surface area contributed by atoms with E-state index in [2.05, 4.69) is 47.5 Å². The van der Waals surface area contributed by atoms with Gasteiger partial charge < -0.3 is 5.32 Å². The molecule has 1 saturated carbocycles. The van der Waals surface area contributed by atoms with Gasteiger partial charge in [0.05, 0.1) is 0 Å². The smallest absolute Gasteiger partial charge is 0.0473 e. The molecule has 2 nitrogen and oxygen atoms in total. The molecule has 0 bridgehead atoms. The highest BCUT2D eigenvalue weighted by atomic mass is 15.2. The van der Waals surface area contributed by atoms with E-state index in [4.69, 9.17) is 0 Å². The van der Waals surface area contributed by atoms with Crippen LogP contribution in [0.2, 0.25) is 0 Å². The maximum Gasteiger partial charge on any atom is 0.0473 e. The summed E-state index contributed by atoms with van der Waals surface area (Å²) in [5.74, 6) is 1.06. The van der Waals surface area contributed by atoms with Crippen molar-refractivity contribution in [1.82, 2.24) is 10.2 Å². The third kappa shape index (κ3) is 4.31. The Labute approximate surface area is 129 Å². The Bertz CT molecular complexity index is 413. The van der Waals surface area contributed by atoms with Crippen molar-refractivity contribution in [3.8, 4) is 0 Å². The summed E-state index contributed by atoms with van der Waals surface area (Å²) in [4.78, 5) is 2.74. The summed E-state index contributed by atoms with van der Waals surface area (Å²) < 4.78 is 0. The third-order valence-corrected chi connectivity index (χ3v) is 5.07. The second-order valence-corrected chi connectivity index (χ2v) is 6.90. The molecule has 21 heavy (non-hydrogen) atoms. The van der Waals surface area contributed by atoms with Gasteiger partial charge in [0.25, 0.3) is 0 Å². The molecule has 1 aromatic carbocycles. The van der Waals surface area contributed by atoms with Crippen molar-refractivity contribution in [2.24, 2.45) is 5.92 Å². The van der Waals surface area contributed by atoms with Crippen LogP contribution in [0.1, 0.15) is 57.1 Å². The number of piperazine rings is 1. The van der Waals surface area contributed by atoms with Crippen molar-refractivity contribution >= 4 is 0 Å². The summed E-state index contributed by atoms with van der Waals surface area (Å²) in [5, 5.41) is 3.77. The summed E-state index contributed by atoms with van der Waals surface area (Å²) in [7, 11) is 0. The fraction of sp³-hybridized carbons (Fsp3) is 0.684. The molecule has 0 radical (unpaired) electrons. The molecule has 0 aromatic heterocycles. The van der Waals surface area contributed by atoms with Crippen molar-refractivity contribution in [2.45, 2.75) is 57.5 Å². The van der Waals surface area contributed by atoms with E-state index in [9.17, 15) is 0 Å². The summed E-state index contributed by atoms with van der Waals surface area (Å²) in [5.41, 5.74) is 1.48.